The van der Waals surface area contributed by atoms with Gasteiger partial charge in [-0.25, -0.2) is 4.79 Å². The first-order chi connectivity index (χ1) is 8.56. The van der Waals surface area contributed by atoms with E-state index in [9.17, 15) is 4.79 Å². The molecule has 4 heteroatoms. The third-order valence-corrected chi connectivity index (χ3v) is 2.89. The number of benzene rings is 1. The van der Waals surface area contributed by atoms with Gasteiger partial charge in [0.1, 0.15) is 17.9 Å². The Morgan fingerprint density at radius 3 is 2.61 bits per heavy atom. The Labute approximate surface area is 108 Å². The maximum absolute atomic E-state index is 11.0. The zero-order valence-corrected chi connectivity index (χ0v) is 11.2. The zero-order valence-electron chi connectivity index (χ0n) is 11.2. The van der Waals surface area contributed by atoms with Crippen LogP contribution in [0.4, 0.5) is 0 Å². The molecule has 0 saturated heterocycles. The minimum absolute atomic E-state index is 0.213. The molecule has 0 spiro atoms. The number of nitrogens with zero attached hydrogens (tertiary/aromatic N) is 1. The third kappa shape index (κ3) is 4.04. The van der Waals surface area contributed by atoms with Crippen LogP contribution in [0.5, 0.6) is 5.75 Å². The van der Waals surface area contributed by atoms with Crippen molar-refractivity contribution in [3.05, 3.63) is 29.8 Å². The number of carboxylic acid groups (broad SMARTS) is 1. The Morgan fingerprint density at radius 2 is 2.06 bits per heavy atom. The highest BCUT2D eigenvalue weighted by Gasteiger charge is 2.11. The zero-order chi connectivity index (χ0) is 13.5. The average molecular weight is 251 g/mol. The molecule has 0 aliphatic rings. The smallest absolute Gasteiger partial charge is 0.339 e. The number of ether oxygens (including phenoxy) is 1. The van der Waals surface area contributed by atoms with E-state index in [4.69, 9.17) is 9.84 Å². The third-order valence-electron chi connectivity index (χ3n) is 2.89. The number of hydrogen-bond donors (Lipinski definition) is 1. The maximum atomic E-state index is 11.0. The molecular formula is C14H21NO3. The fourth-order valence-corrected chi connectivity index (χ4v) is 1.82. The van der Waals surface area contributed by atoms with Crippen molar-refractivity contribution in [1.82, 2.24) is 4.90 Å². The molecule has 0 aromatic heterocycles. The van der Waals surface area contributed by atoms with Crippen molar-refractivity contribution < 1.29 is 14.6 Å². The van der Waals surface area contributed by atoms with E-state index in [1.54, 1.807) is 24.3 Å². The molecule has 4 nitrogen and oxygen atoms in total. The van der Waals surface area contributed by atoms with E-state index in [1.807, 2.05) is 0 Å². The molecule has 0 fully saturated rings. The number of para-hydroxylation sites is 1. The number of likely N-dealkylation sites (N-methyl/N-ethyl adjacent to an activating group) is 1. The molecule has 0 amide bonds. The molecular weight excluding hydrogens is 230 g/mol. The van der Waals surface area contributed by atoms with Gasteiger partial charge in [-0.2, -0.15) is 0 Å². The summed E-state index contributed by atoms with van der Waals surface area (Å²) in [6.07, 6.45) is 0. The number of carbonyl (C=O) groups is 1. The standard InChI is InChI=1S/C14H21NO3/c1-4-15(11(2)3)9-10-18-13-8-6-5-7-12(13)14(16)17/h5-8,11H,4,9-10H2,1-3H3,(H,16,17). The number of carboxylic acids is 1. The summed E-state index contributed by atoms with van der Waals surface area (Å²) in [7, 11) is 0. The normalized spacial score (nSPS) is 10.9. The molecule has 1 aromatic carbocycles. The molecule has 0 unspecified atom stereocenters. The summed E-state index contributed by atoms with van der Waals surface area (Å²) in [6.45, 7) is 8.62. The van der Waals surface area contributed by atoms with Crippen LogP contribution in [0.15, 0.2) is 24.3 Å². The Hall–Kier alpha value is -1.55. The number of hydrogen-bond acceptors (Lipinski definition) is 3. The van der Waals surface area contributed by atoms with Crippen molar-refractivity contribution in [3.63, 3.8) is 0 Å². The van der Waals surface area contributed by atoms with Crippen molar-refractivity contribution in [3.8, 4) is 5.75 Å². The van der Waals surface area contributed by atoms with Crippen molar-refractivity contribution in [2.75, 3.05) is 19.7 Å². The largest absolute Gasteiger partial charge is 0.491 e. The van der Waals surface area contributed by atoms with E-state index >= 15 is 0 Å². The van der Waals surface area contributed by atoms with Crippen LogP contribution >= 0.6 is 0 Å². The topological polar surface area (TPSA) is 49.8 Å². The van der Waals surface area contributed by atoms with E-state index in [0.29, 0.717) is 18.4 Å². The molecule has 1 aromatic rings. The first-order valence-corrected chi connectivity index (χ1v) is 6.25. The molecule has 1 N–H and O–H groups in total. The fraction of sp³-hybridized carbons (Fsp3) is 0.500. The van der Waals surface area contributed by atoms with Gasteiger partial charge in [0.2, 0.25) is 0 Å². The summed E-state index contributed by atoms with van der Waals surface area (Å²) >= 11 is 0. The minimum atomic E-state index is -0.957. The summed E-state index contributed by atoms with van der Waals surface area (Å²) in [5, 5.41) is 9.02. The van der Waals surface area contributed by atoms with E-state index < -0.39 is 5.97 Å². The van der Waals surface area contributed by atoms with Gasteiger partial charge in [-0.05, 0) is 32.5 Å². The molecule has 0 saturated carbocycles. The lowest BCUT2D eigenvalue weighted by Gasteiger charge is -2.24. The lowest BCUT2D eigenvalue weighted by atomic mass is 10.2. The Kier molecular flexibility index (Phi) is 5.65. The average Bonchev–Trinajstić information content (AvgIpc) is 2.34. The molecule has 100 valence electrons. The van der Waals surface area contributed by atoms with Gasteiger partial charge >= 0.3 is 5.97 Å². The summed E-state index contributed by atoms with van der Waals surface area (Å²) in [5.41, 5.74) is 0.213. The first kappa shape index (κ1) is 14.5. The lowest BCUT2D eigenvalue weighted by Crippen LogP contribution is -2.34. The van der Waals surface area contributed by atoms with Gasteiger partial charge in [-0.1, -0.05) is 19.1 Å². The van der Waals surface area contributed by atoms with Gasteiger partial charge in [-0.3, -0.25) is 4.90 Å². The Bertz CT molecular complexity index is 390. The summed E-state index contributed by atoms with van der Waals surface area (Å²) < 4.78 is 5.56. The molecule has 0 aliphatic heterocycles. The molecule has 18 heavy (non-hydrogen) atoms. The second kappa shape index (κ2) is 7.01. The lowest BCUT2D eigenvalue weighted by molar-refractivity contribution is 0.0691. The van der Waals surface area contributed by atoms with Crippen LogP contribution in [0.1, 0.15) is 31.1 Å². The minimum Gasteiger partial charge on any atom is -0.491 e. The SMILES string of the molecule is CCN(CCOc1ccccc1C(=O)O)C(C)C. The van der Waals surface area contributed by atoms with Gasteiger partial charge in [0.15, 0.2) is 0 Å². The molecule has 0 aliphatic carbocycles. The summed E-state index contributed by atoms with van der Waals surface area (Å²) in [4.78, 5) is 13.3. The number of rotatable bonds is 7. The predicted molar refractivity (Wildman–Crippen MR) is 71.3 cm³/mol. The van der Waals surface area contributed by atoms with Crippen molar-refractivity contribution in [2.45, 2.75) is 26.8 Å². The van der Waals surface area contributed by atoms with Gasteiger partial charge in [0.05, 0.1) is 0 Å². The molecule has 1 rings (SSSR count). The van der Waals surface area contributed by atoms with Crippen LogP contribution < -0.4 is 4.74 Å². The van der Waals surface area contributed by atoms with Crippen molar-refractivity contribution in [2.24, 2.45) is 0 Å². The molecule has 0 radical (unpaired) electrons. The summed E-state index contributed by atoms with van der Waals surface area (Å²) in [5.74, 6) is -0.522. The first-order valence-electron chi connectivity index (χ1n) is 6.25. The van der Waals surface area contributed by atoms with Crippen LogP contribution in [0.25, 0.3) is 0 Å². The second-order valence-electron chi connectivity index (χ2n) is 4.37. The van der Waals surface area contributed by atoms with Crippen LogP contribution in [0.3, 0.4) is 0 Å². The molecule has 0 atom stereocenters. The highest BCUT2D eigenvalue weighted by atomic mass is 16.5. The van der Waals surface area contributed by atoms with Gasteiger partial charge in [0, 0.05) is 12.6 Å². The number of aromatic carboxylic acids is 1. The summed E-state index contributed by atoms with van der Waals surface area (Å²) in [6, 6.07) is 7.19. The second-order valence-corrected chi connectivity index (χ2v) is 4.37. The molecule has 0 heterocycles. The van der Waals surface area contributed by atoms with E-state index in [2.05, 4.69) is 25.7 Å². The molecule has 0 bridgehead atoms. The van der Waals surface area contributed by atoms with Crippen molar-refractivity contribution in [1.29, 1.82) is 0 Å². The van der Waals surface area contributed by atoms with Gasteiger partial charge < -0.3 is 9.84 Å². The Balaban J connectivity index is 2.56. The van der Waals surface area contributed by atoms with Crippen LogP contribution in [-0.2, 0) is 0 Å². The quantitative estimate of drug-likeness (QED) is 0.809. The maximum Gasteiger partial charge on any atom is 0.339 e. The van der Waals surface area contributed by atoms with E-state index in [1.165, 1.54) is 0 Å². The Morgan fingerprint density at radius 1 is 1.39 bits per heavy atom. The van der Waals surface area contributed by atoms with Crippen LogP contribution in [-0.4, -0.2) is 41.7 Å². The van der Waals surface area contributed by atoms with Gasteiger partial charge in [0.25, 0.3) is 0 Å². The van der Waals surface area contributed by atoms with E-state index in [-0.39, 0.29) is 5.56 Å². The van der Waals surface area contributed by atoms with Crippen molar-refractivity contribution >= 4 is 5.97 Å². The van der Waals surface area contributed by atoms with E-state index in [0.717, 1.165) is 13.1 Å². The van der Waals surface area contributed by atoms with Gasteiger partial charge in [-0.15, -0.1) is 0 Å². The van der Waals surface area contributed by atoms with Crippen LogP contribution in [0, 0.1) is 0 Å². The predicted octanol–water partition coefficient (Wildman–Crippen LogP) is 2.49. The van der Waals surface area contributed by atoms with Crippen LogP contribution in [0.2, 0.25) is 0 Å². The highest BCUT2D eigenvalue weighted by molar-refractivity contribution is 5.90. The highest BCUT2D eigenvalue weighted by Crippen LogP contribution is 2.17. The monoisotopic (exact) mass is 251 g/mol. The fourth-order valence-electron chi connectivity index (χ4n) is 1.82.